The standard InChI is InChI=1S/C11H10BrNO/c12-8-3-1-2-7-9(8)10(6-4-5-6)13-11(7)14/h1-3,6,10H,4-5H2,(H,13,14). The van der Waals surface area contributed by atoms with Gasteiger partial charge in [0.2, 0.25) is 0 Å². The third-order valence-electron chi connectivity index (χ3n) is 2.99. The van der Waals surface area contributed by atoms with Gasteiger partial charge in [0, 0.05) is 15.6 Å². The van der Waals surface area contributed by atoms with Crippen LogP contribution in [0.3, 0.4) is 0 Å². The number of fused-ring (bicyclic) bond motifs is 1. The number of nitrogens with one attached hydrogen (secondary N) is 1. The molecule has 0 bridgehead atoms. The Morgan fingerprint density at radius 2 is 2.14 bits per heavy atom. The fourth-order valence-electron chi connectivity index (χ4n) is 2.13. The number of rotatable bonds is 1. The Labute approximate surface area is 90.8 Å². The molecule has 3 heteroatoms. The predicted octanol–water partition coefficient (Wildman–Crippen LogP) is 2.64. The first kappa shape index (κ1) is 8.48. The summed E-state index contributed by atoms with van der Waals surface area (Å²) in [7, 11) is 0. The number of amides is 1. The van der Waals surface area contributed by atoms with Crippen LogP contribution in [0.2, 0.25) is 0 Å². The molecule has 0 radical (unpaired) electrons. The molecule has 1 aromatic carbocycles. The van der Waals surface area contributed by atoms with E-state index < -0.39 is 0 Å². The van der Waals surface area contributed by atoms with Gasteiger partial charge in [-0.15, -0.1) is 0 Å². The first-order valence-corrected chi connectivity index (χ1v) is 5.66. The first-order valence-electron chi connectivity index (χ1n) is 4.86. The highest BCUT2D eigenvalue weighted by Crippen LogP contribution is 2.46. The van der Waals surface area contributed by atoms with Crippen molar-refractivity contribution in [3.63, 3.8) is 0 Å². The predicted molar refractivity (Wildman–Crippen MR) is 57.1 cm³/mol. The molecule has 1 amide bonds. The number of halogens is 1. The van der Waals surface area contributed by atoms with Crippen LogP contribution in [0, 0.1) is 5.92 Å². The second-order valence-electron chi connectivity index (χ2n) is 3.99. The fraction of sp³-hybridized carbons (Fsp3) is 0.364. The lowest BCUT2D eigenvalue weighted by Gasteiger charge is -2.10. The Morgan fingerprint density at radius 3 is 2.86 bits per heavy atom. The minimum absolute atomic E-state index is 0.0817. The Bertz CT molecular complexity index is 412. The largest absolute Gasteiger partial charge is 0.345 e. The average Bonchev–Trinajstić information content (AvgIpc) is 2.94. The van der Waals surface area contributed by atoms with Gasteiger partial charge in [-0.1, -0.05) is 22.0 Å². The summed E-state index contributed by atoms with van der Waals surface area (Å²) in [4.78, 5) is 11.6. The van der Waals surface area contributed by atoms with Crippen LogP contribution in [0.4, 0.5) is 0 Å². The van der Waals surface area contributed by atoms with Crippen LogP contribution in [0.15, 0.2) is 22.7 Å². The SMILES string of the molecule is O=C1NC(C2CC2)c2c(Br)cccc21. The van der Waals surface area contributed by atoms with Crippen molar-refractivity contribution in [1.29, 1.82) is 0 Å². The van der Waals surface area contributed by atoms with Crippen molar-refractivity contribution < 1.29 is 4.79 Å². The van der Waals surface area contributed by atoms with E-state index in [0.29, 0.717) is 5.92 Å². The van der Waals surface area contributed by atoms with Gasteiger partial charge in [0.25, 0.3) is 5.91 Å². The van der Waals surface area contributed by atoms with Crippen molar-refractivity contribution in [3.05, 3.63) is 33.8 Å². The van der Waals surface area contributed by atoms with Crippen LogP contribution in [0.5, 0.6) is 0 Å². The summed E-state index contributed by atoms with van der Waals surface area (Å²) < 4.78 is 1.06. The van der Waals surface area contributed by atoms with Gasteiger partial charge < -0.3 is 5.32 Å². The highest BCUT2D eigenvalue weighted by Gasteiger charge is 2.40. The Balaban J connectivity index is 2.14. The van der Waals surface area contributed by atoms with Crippen molar-refractivity contribution in [2.45, 2.75) is 18.9 Å². The van der Waals surface area contributed by atoms with Gasteiger partial charge in [0.15, 0.2) is 0 Å². The zero-order valence-electron chi connectivity index (χ0n) is 7.59. The maximum absolute atomic E-state index is 11.6. The number of carbonyl (C=O) groups excluding carboxylic acids is 1. The lowest BCUT2D eigenvalue weighted by Crippen LogP contribution is -2.20. The summed E-state index contributed by atoms with van der Waals surface area (Å²) in [5, 5.41) is 3.05. The zero-order chi connectivity index (χ0) is 9.71. The molecule has 2 nitrogen and oxygen atoms in total. The Hall–Kier alpha value is -0.830. The molecule has 0 aromatic heterocycles. The minimum atomic E-state index is 0.0817. The van der Waals surface area contributed by atoms with Gasteiger partial charge in [0.05, 0.1) is 6.04 Å². The van der Waals surface area contributed by atoms with Crippen LogP contribution in [-0.2, 0) is 0 Å². The van der Waals surface area contributed by atoms with E-state index in [1.807, 2.05) is 18.2 Å². The zero-order valence-corrected chi connectivity index (χ0v) is 9.17. The molecule has 1 aliphatic heterocycles. The molecular formula is C11H10BrNO. The summed E-state index contributed by atoms with van der Waals surface area (Å²) in [6.07, 6.45) is 2.48. The lowest BCUT2D eigenvalue weighted by molar-refractivity contribution is 0.0953. The summed E-state index contributed by atoms with van der Waals surface area (Å²) >= 11 is 3.52. The van der Waals surface area contributed by atoms with Gasteiger partial charge in [-0.25, -0.2) is 0 Å². The molecule has 1 saturated carbocycles. The molecule has 72 valence electrons. The highest BCUT2D eigenvalue weighted by molar-refractivity contribution is 9.10. The van der Waals surface area contributed by atoms with Crippen molar-refractivity contribution >= 4 is 21.8 Å². The van der Waals surface area contributed by atoms with Crippen LogP contribution in [0.25, 0.3) is 0 Å². The second-order valence-corrected chi connectivity index (χ2v) is 4.84. The third kappa shape index (κ3) is 1.12. The van der Waals surface area contributed by atoms with E-state index >= 15 is 0 Å². The van der Waals surface area contributed by atoms with E-state index in [9.17, 15) is 4.79 Å². The molecule has 3 rings (SSSR count). The Morgan fingerprint density at radius 1 is 1.36 bits per heavy atom. The number of hydrogen-bond acceptors (Lipinski definition) is 1. The van der Waals surface area contributed by atoms with E-state index in [-0.39, 0.29) is 11.9 Å². The second kappa shape index (κ2) is 2.83. The molecule has 1 unspecified atom stereocenters. The van der Waals surface area contributed by atoms with Crippen molar-refractivity contribution in [3.8, 4) is 0 Å². The third-order valence-corrected chi connectivity index (χ3v) is 3.68. The topological polar surface area (TPSA) is 29.1 Å². The molecule has 1 N–H and O–H groups in total. The smallest absolute Gasteiger partial charge is 0.252 e. The molecule has 1 heterocycles. The van der Waals surface area contributed by atoms with E-state index in [1.54, 1.807) is 0 Å². The summed E-state index contributed by atoms with van der Waals surface area (Å²) in [6, 6.07) is 6.08. The monoisotopic (exact) mass is 251 g/mol. The van der Waals surface area contributed by atoms with Crippen LogP contribution in [0.1, 0.15) is 34.8 Å². The molecule has 2 aliphatic rings. The number of benzene rings is 1. The number of hydrogen-bond donors (Lipinski definition) is 1. The molecule has 1 atom stereocenters. The molecule has 1 aliphatic carbocycles. The number of carbonyl (C=O) groups is 1. The normalized spacial score (nSPS) is 24.6. The van der Waals surface area contributed by atoms with Crippen molar-refractivity contribution in [1.82, 2.24) is 5.32 Å². The van der Waals surface area contributed by atoms with Gasteiger partial charge in [-0.2, -0.15) is 0 Å². The first-order chi connectivity index (χ1) is 6.77. The van der Waals surface area contributed by atoms with Gasteiger partial charge in [-0.3, -0.25) is 4.79 Å². The van der Waals surface area contributed by atoms with Crippen molar-refractivity contribution in [2.75, 3.05) is 0 Å². The lowest BCUT2D eigenvalue weighted by atomic mass is 10.0. The molecular weight excluding hydrogens is 242 g/mol. The van der Waals surface area contributed by atoms with E-state index in [0.717, 1.165) is 10.0 Å². The quantitative estimate of drug-likeness (QED) is 0.817. The van der Waals surface area contributed by atoms with Crippen LogP contribution in [-0.4, -0.2) is 5.91 Å². The molecule has 1 aromatic rings. The van der Waals surface area contributed by atoms with Crippen LogP contribution < -0.4 is 5.32 Å². The van der Waals surface area contributed by atoms with E-state index in [2.05, 4.69) is 21.2 Å². The maximum Gasteiger partial charge on any atom is 0.252 e. The summed E-state index contributed by atoms with van der Waals surface area (Å²) in [5.74, 6) is 0.747. The molecule has 0 saturated heterocycles. The maximum atomic E-state index is 11.6. The minimum Gasteiger partial charge on any atom is -0.345 e. The molecule has 0 spiro atoms. The Kier molecular flexibility index (Phi) is 1.71. The van der Waals surface area contributed by atoms with Gasteiger partial charge in [-0.05, 0) is 30.9 Å². The van der Waals surface area contributed by atoms with Crippen molar-refractivity contribution in [2.24, 2.45) is 5.92 Å². The van der Waals surface area contributed by atoms with E-state index in [1.165, 1.54) is 18.4 Å². The summed E-state index contributed by atoms with van der Waals surface area (Å²) in [6.45, 7) is 0. The van der Waals surface area contributed by atoms with Gasteiger partial charge in [0.1, 0.15) is 0 Å². The molecule has 14 heavy (non-hydrogen) atoms. The average molecular weight is 252 g/mol. The van der Waals surface area contributed by atoms with Gasteiger partial charge >= 0.3 is 0 Å². The molecule has 1 fully saturated rings. The fourth-order valence-corrected chi connectivity index (χ4v) is 2.74. The summed E-state index contributed by atoms with van der Waals surface area (Å²) in [5.41, 5.74) is 2.01. The van der Waals surface area contributed by atoms with E-state index in [4.69, 9.17) is 0 Å². The highest BCUT2D eigenvalue weighted by atomic mass is 79.9. The van der Waals surface area contributed by atoms with Crippen LogP contribution >= 0.6 is 15.9 Å².